The number of fused-ring (bicyclic) bond motifs is 1. The Balaban J connectivity index is 2.92. The summed E-state index contributed by atoms with van der Waals surface area (Å²) in [6.07, 6.45) is 0. The summed E-state index contributed by atoms with van der Waals surface area (Å²) in [6.45, 7) is 2.66. The third kappa shape index (κ3) is 1.14. The number of aryl methyl sites for hydroxylation is 1. The van der Waals surface area contributed by atoms with Gasteiger partial charge >= 0.3 is 0 Å². The largest absolute Gasteiger partial charge is 0.398 e. The zero-order valence-electron chi connectivity index (χ0n) is 7.28. The van der Waals surface area contributed by atoms with E-state index in [9.17, 15) is 4.79 Å². The molecule has 0 atom stereocenters. The van der Waals surface area contributed by atoms with Crippen LogP contribution in [0, 0.1) is 0 Å². The van der Waals surface area contributed by atoms with E-state index in [0.29, 0.717) is 12.2 Å². The van der Waals surface area contributed by atoms with Gasteiger partial charge in [0.2, 0.25) is 0 Å². The average Bonchev–Trinajstić information content (AvgIpc) is 2.45. The molecule has 0 fully saturated rings. The molecule has 0 spiro atoms. The average molecular weight is 194 g/mol. The van der Waals surface area contributed by atoms with Crippen molar-refractivity contribution in [2.45, 2.75) is 13.5 Å². The lowest BCUT2D eigenvalue weighted by Crippen LogP contribution is -2.10. The number of hydrogen-bond donors (Lipinski definition) is 1. The Kier molecular flexibility index (Phi) is 1.84. The van der Waals surface area contributed by atoms with Crippen LogP contribution in [-0.4, -0.2) is 3.96 Å². The quantitative estimate of drug-likeness (QED) is 0.702. The third-order valence-corrected chi connectivity index (χ3v) is 3.27. The Morgan fingerprint density at radius 3 is 2.92 bits per heavy atom. The number of benzene rings is 1. The lowest BCUT2D eigenvalue weighted by atomic mass is 10.2. The van der Waals surface area contributed by atoms with Gasteiger partial charge in [-0.25, -0.2) is 0 Å². The molecule has 0 radical (unpaired) electrons. The highest BCUT2D eigenvalue weighted by atomic mass is 32.1. The van der Waals surface area contributed by atoms with E-state index in [1.165, 1.54) is 11.5 Å². The highest BCUT2D eigenvalue weighted by Gasteiger charge is 2.07. The maximum absolute atomic E-state index is 11.6. The molecule has 1 aromatic carbocycles. The van der Waals surface area contributed by atoms with Crippen molar-refractivity contribution < 1.29 is 0 Å². The molecule has 68 valence electrons. The van der Waals surface area contributed by atoms with E-state index in [-0.39, 0.29) is 5.56 Å². The number of nitrogen functional groups attached to an aromatic ring is 1. The number of hydrogen-bond acceptors (Lipinski definition) is 3. The van der Waals surface area contributed by atoms with Crippen LogP contribution in [0.2, 0.25) is 0 Å². The van der Waals surface area contributed by atoms with Gasteiger partial charge in [-0.3, -0.25) is 8.75 Å². The molecule has 0 aliphatic heterocycles. The minimum Gasteiger partial charge on any atom is -0.398 e. The molecule has 0 aliphatic rings. The molecule has 0 unspecified atom stereocenters. The minimum atomic E-state index is 0.0646. The topological polar surface area (TPSA) is 48.0 Å². The molecule has 2 N–H and O–H groups in total. The van der Waals surface area contributed by atoms with Crippen LogP contribution in [0.3, 0.4) is 0 Å². The lowest BCUT2D eigenvalue weighted by Gasteiger charge is -1.90. The van der Waals surface area contributed by atoms with Crippen molar-refractivity contribution in [2.75, 3.05) is 5.73 Å². The third-order valence-electron chi connectivity index (χ3n) is 1.99. The molecule has 1 aromatic heterocycles. The van der Waals surface area contributed by atoms with Gasteiger partial charge in [0.15, 0.2) is 0 Å². The maximum Gasteiger partial charge on any atom is 0.268 e. The van der Waals surface area contributed by atoms with Gasteiger partial charge in [-0.1, -0.05) is 17.6 Å². The molecule has 0 saturated carbocycles. The fourth-order valence-corrected chi connectivity index (χ4v) is 2.28. The molecule has 3 nitrogen and oxygen atoms in total. The summed E-state index contributed by atoms with van der Waals surface area (Å²) >= 11 is 1.43. The molecule has 1 heterocycles. The van der Waals surface area contributed by atoms with E-state index < -0.39 is 0 Å². The second-order valence-corrected chi connectivity index (χ2v) is 3.85. The first kappa shape index (κ1) is 8.31. The van der Waals surface area contributed by atoms with E-state index >= 15 is 0 Å². The monoisotopic (exact) mass is 194 g/mol. The summed E-state index contributed by atoms with van der Waals surface area (Å²) in [6, 6.07) is 5.45. The number of aromatic nitrogens is 1. The Bertz CT molecular complexity index is 498. The van der Waals surface area contributed by atoms with Crippen LogP contribution in [-0.2, 0) is 6.54 Å². The van der Waals surface area contributed by atoms with Crippen molar-refractivity contribution in [1.82, 2.24) is 3.96 Å². The van der Waals surface area contributed by atoms with E-state index in [4.69, 9.17) is 5.73 Å². The van der Waals surface area contributed by atoms with Crippen molar-refractivity contribution in [3.05, 3.63) is 28.6 Å². The van der Waals surface area contributed by atoms with Gasteiger partial charge < -0.3 is 5.73 Å². The maximum atomic E-state index is 11.6. The van der Waals surface area contributed by atoms with Gasteiger partial charge in [-0.2, -0.15) is 0 Å². The highest BCUT2D eigenvalue weighted by Crippen LogP contribution is 2.22. The van der Waals surface area contributed by atoms with Crippen LogP contribution >= 0.6 is 11.5 Å². The van der Waals surface area contributed by atoms with E-state index in [2.05, 4.69) is 0 Å². The predicted molar refractivity (Wildman–Crippen MR) is 56.2 cm³/mol. The lowest BCUT2D eigenvalue weighted by molar-refractivity contribution is 0.814. The SMILES string of the molecule is CCn1sc2c(N)cccc2c1=O. The number of anilines is 1. The minimum absolute atomic E-state index is 0.0646. The molecule has 13 heavy (non-hydrogen) atoms. The van der Waals surface area contributed by atoms with Gasteiger partial charge in [0.25, 0.3) is 5.56 Å². The highest BCUT2D eigenvalue weighted by molar-refractivity contribution is 7.14. The van der Waals surface area contributed by atoms with Crippen LogP contribution in [0.25, 0.3) is 10.1 Å². The number of nitrogens with zero attached hydrogens (tertiary/aromatic N) is 1. The summed E-state index contributed by atoms with van der Waals surface area (Å²) in [5, 5.41) is 0.729. The second-order valence-electron chi connectivity index (χ2n) is 2.82. The first-order valence-electron chi connectivity index (χ1n) is 4.12. The Labute approximate surface area is 79.6 Å². The van der Waals surface area contributed by atoms with Crippen LogP contribution < -0.4 is 11.3 Å². The van der Waals surface area contributed by atoms with Crippen molar-refractivity contribution in [2.24, 2.45) is 0 Å². The van der Waals surface area contributed by atoms with Crippen molar-refractivity contribution in [3.8, 4) is 0 Å². The smallest absolute Gasteiger partial charge is 0.268 e. The van der Waals surface area contributed by atoms with Gasteiger partial charge in [-0.15, -0.1) is 0 Å². The standard InChI is InChI=1S/C9H10N2OS/c1-2-11-9(12)6-4-3-5-7(10)8(6)13-11/h3-5H,2,10H2,1H3. The van der Waals surface area contributed by atoms with Crippen LogP contribution in [0.5, 0.6) is 0 Å². The summed E-state index contributed by atoms with van der Waals surface area (Å²) in [7, 11) is 0. The number of nitrogens with two attached hydrogens (primary N) is 1. The first-order chi connectivity index (χ1) is 6.24. The van der Waals surface area contributed by atoms with E-state index in [0.717, 1.165) is 10.1 Å². The van der Waals surface area contributed by atoms with Crippen LogP contribution in [0.15, 0.2) is 23.0 Å². The van der Waals surface area contributed by atoms with Crippen LogP contribution in [0.4, 0.5) is 5.69 Å². The summed E-state index contributed by atoms with van der Waals surface area (Å²) < 4.78 is 2.61. The van der Waals surface area contributed by atoms with Crippen molar-refractivity contribution in [3.63, 3.8) is 0 Å². The molecule has 2 rings (SSSR count). The first-order valence-corrected chi connectivity index (χ1v) is 4.89. The fraction of sp³-hybridized carbons (Fsp3) is 0.222. The Morgan fingerprint density at radius 1 is 1.54 bits per heavy atom. The molecule has 4 heteroatoms. The molecular weight excluding hydrogens is 184 g/mol. The van der Waals surface area contributed by atoms with Gasteiger partial charge in [0, 0.05) is 6.54 Å². The number of rotatable bonds is 1. The van der Waals surface area contributed by atoms with Gasteiger partial charge in [-0.05, 0) is 19.1 Å². The molecule has 0 amide bonds. The summed E-state index contributed by atoms with van der Waals surface area (Å²) in [4.78, 5) is 11.6. The van der Waals surface area contributed by atoms with Gasteiger partial charge in [0.05, 0.1) is 15.8 Å². The summed E-state index contributed by atoms with van der Waals surface area (Å²) in [5.41, 5.74) is 6.50. The van der Waals surface area contributed by atoms with Crippen molar-refractivity contribution in [1.29, 1.82) is 0 Å². The zero-order valence-corrected chi connectivity index (χ0v) is 8.10. The zero-order chi connectivity index (χ0) is 9.42. The Morgan fingerprint density at radius 2 is 2.31 bits per heavy atom. The van der Waals surface area contributed by atoms with Gasteiger partial charge in [0.1, 0.15) is 0 Å². The molecule has 0 aliphatic carbocycles. The molecule has 0 saturated heterocycles. The summed E-state index contributed by atoms with van der Waals surface area (Å²) in [5.74, 6) is 0. The Hall–Kier alpha value is -1.29. The predicted octanol–water partition coefficient (Wildman–Crippen LogP) is 1.67. The van der Waals surface area contributed by atoms with Crippen molar-refractivity contribution >= 4 is 27.3 Å². The van der Waals surface area contributed by atoms with E-state index in [1.54, 1.807) is 3.96 Å². The normalized spacial score (nSPS) is 10.8. The molecular formula is C9H10N2OS. The fourth-order valence-electron chi connectivity index (χ4n) is 1.32. The second kappa shape index (κ2) is 2.88. The van der Waals surface area contributed by atoms with E-state index in [1.807, 2.05) is 25.1 Å². The molecule has 2 aromatic rings. The van der Waals surface area contributed by atoms with Crippen LogP contribution in [0.1, 0.15) is 6.92 Å². The molecule has 0 bridgehead atoms.